The predicted octanol–water partition coefficient (Wildman–Crippen LogP) is 16.2. The Morgan fingerprint density at radius 2 is 1.00 bits per heavy atom. The second-order valence-electron chi connectivity index (χ2n) is 16.5. The topological polar surface area (TPSA) is 16.4 Å². The number of hydrogen-bond acceptors (Lipinski definition) is 2. The fraction of sp³-hybridized carbons (Fsp3) is 0.0526. The number of rotatable bonds is 5. The first kappa shape index (κ1) is 33.7. The van der Waals surface area contributed by atoms with E-state index in [0.717, 1.165) is 44.4 Å². The molecule has 11 aromatic rings. The Labute approximate surface area is 343 Å². The molecule has 0 unspecified atom stereocenters. The van der Waals surface area contributed by atoms with Crippen LogP contribution in [0.2, 0.25) is 0 Å². The molecule has 0 aliphatic heterocycles. The van der Waals surface area contributed by atoms with Gasteiger partial charge in [-0.15, -0.1) is 0 Å². The highest BCUT2D eigenvalue weighted by Crippen LogP contribution is 2.56. The maximum Gasteiger partial charge on any atom is 0.136 e. The summed E-state index contributed by atoms with van der Waals surface area (Å²) >= 11 is 0. The van der Waals surface area contributed by atoms with Gasteiger partial charge in [-0.2, -0.15) is 0 Å². The summed E-state index contributed by atoms with van der Waals surface area (Å²) < 4.78 is 6.32. The molecule has 0 N–H and O–H groups in total. The fourth-order valence-electron chi connectivity index (χ4n) is 10.0. The summed E-state index contributed by atoms with van der Waals surface area (Å²) in [5.41, 5.74) is 15.0. The maximum atomic E-state index is 6.32. The average Bonchev–Trinajstić information content (AvgIpc) is 3.77. The van der Waals surface area contributed by atoms with Crippen molar-refractivity contribution in [3.05, 3.63) is 211 Å². The lowest BCUT2D eigenvalue weighted by Crippen LogP contribution is -2.21. The number of benzene rings is 10. The second kappa shape index (κ2) is 12.8. The molecular weight excluding hydrogens is 715 g/mol. The van der Waals surface area contributed by atoms with Crippen molar-refractivity contribution in [2.45, 2.75) is 19.3 Å². The minimum atomic E-state index is -0.262. The van der Waals surface area contributed by atoms with E-state index in [0.29, 0.717) is 0 Å². The summed E-state index contributed by atoms with van der Waals surface area (Å²) in [5, 5.41) is 9.73. The third-order valence-electron chi connectivity index (χ3n) is 12.8. The van der Waals surface area contributed by atoms with Gasteiger partial charge in [0, 0.05) is 27.4 Å². The summed E-state index contributed by atoms with van der Waals surface area (Å²) in [4.78, 5) is 2.53. The third kappa shape index (κ3) is 5.13. The van der Waals surface area contributed by atoms with Gasteiger partial charge < -0.3 is 9.32 Å². The quantitative estimate of drug-likeness (QED) is 0.174. The van der Waals surface area contributed by atoms with Crippen LogP contribution in [0.25, 0.3) is 87.6 Å². The van der Waals surface area contributed by atoms with E-state index < -0.39 is 0 Å². The number of hydrogen-bond donors (Lipinski definition) is 0. The normalized spacial score (nSPS) is 13.1. The minimum absolute atomic E-state index is 0.262. The molecule has 0 atom stereocenters. The first-order chi connectivity index (χ1) is 29.0. The Kier molecular flexibility index (Phi) is 7.31. The van der Waals surface area contributed by atoms with Gasteiger partial charge in [-0.3, -0.25) is 0 Å². The minimum Gasteiger partial charge on any atom is -0.456 e. The Morgan fingerprint density at radius 3 is 1.81 bits per heavy atom. The summed E-state index contributed by atoms with van der Waals surface area (Å²) in [6, 6.07) is 73.4. The molecule has 1 aliphatic carbocycles. The SMILES string of the molecule is CC1(C)c2cc3ccccc3cc2-c2cccc(N(c3ccc(-c4ccc5c(c4)oc4ccccc45)cc3)c3ccc4ccccc4c3-c3cccc4ccccc34)c21. The van der Waals surface area contributed by atoms with Gasteiger partial charge in [0.2, 0.25) is 0 Å². The van der Waals surface area contributed by atoms with Gasteiger partial charge in [0.25, 0.3) is 0 Å². The van der Waals surface area contributed by atoms with Crippen LogP contribution in [-0.4, -0.2) is 0 Å². The van der Waals surface area contributed by atoms with Crippen LogP contribution in [0.5, 0.6) is 0 Å². The van der Waals surface area contributed by atoms with Crippen molar-refractivity contribution in [2.75, 3.05) is 4.90 Å². The van der Waals surface area contributed by atoms with Crippen molar-refractivity contribution in [3.8, 4) is 33.4 Å². The molecule has 0 spiro atoms. The molecule has 1 heterocycles. The standard InChI is InChI=1S/C57H39NO/c1-57(2)50-34-40-16-4-3-15-39(40)33-49(50)48-22-12-23-52(56(48)57)58(42-29-25-36(26-30-42)41-27-31-46-45-20-9-10-24-53(45)59-54(46)35-41)51-32-28-38-14-6-8-19-44(38)55(51)47-21-11-17-37-13-5-7-18-43(37)47/h3-35H,1-2H3. The molecule has 0 saturated carbocycles. The van der Waals surface area contributed by atoms with E-state index in [1.807, 2.05) is 12.1 Å². The molecule has 1 aromatic heterocycles. The van der Waals surface area contributed by atoms with Crippen LogP contribution in [0.3, 0.4) is 0 Å². The average molecular weight is 754 g/mol. The number of para-hydroxylation sites is 1. The summed E-state index contributed by atoms with van der Waals surface area (Å²) in [6.45, 7) is 4.80. The van der Waals surface area contributed by atoms with E-state index in [-0.39, 0.29) is 5.41 Å². The van der Waals surface area contributed by atoms with Crippen molar-refractivity contribution < 1.29 is 4.42 Å². The van der Waals surface area contributed by atoms with Gasteiger partial charge in [0.1, 0.15) is 11.2 Å². The molecule has 10 aromatic carbocycles. The monoisotopic (exact) mass is 753 g/mol. The number of fused-ring (bicyclic) bond motifs is 9. The lowest BCUT2D eigenvalue weighted by atomic mass is 9.80. The molecule has 278 valence electrons. The highest BCUT2D eigenvalue weighted by atomic mass is 16.3. The molecule has 2 nitrogen and oxygen atoms in total. The van der Waals surface area contributed by atoms with Crippen LogP contribution in [0.1, 0.15) is 25.0 Å². The molecular formula is C57H39NO. The number of nitrogens with zero attached hydrogens (tertiary/aromatic N) is 1. The van der Waals surface area contributed by atoms with E-state index in [1.165, 1.54) is 71.4 Å². The summed E-state index contributed by atoms with van der Waals surface area (Å²) in [6.07, 6.45) is 0. The van der Waals surface area contributed by atoms with Crippen LogP contribution >= 0.6 is 0 Å². The predicted molar refractivity (Wildman–Crippen MR) is 249 cm³/mol. The first-order valence-electron chi connectivity index (χ1n) is 20.5. The van der Waals surface area contributed by atoms with Crippen LogP contribution in [0, 0.1) is 0 Å². The molecule has 0 bridgehead atoms. The highest BCUT2D eigenvalue weighted by Gasteiger charge is 2.39. The zero-order chi connectivity index (χ0) is 39.2. The summed E-state index contributed by atoms with van der Waals surface area (Å²) in [5.74, 6) is 0. The molecule has 0 radical (unpaired) electrons. The Morgan fingerprint density at radius 1 is 0.390 bits per heavy atom. The Bertz CT molecular complexity index is 3470. The Hall–Kier alpha value is -7.42. The van der Waals surface area contributed by atoms with E-state index in [2.05, 4.69) is 207 Å². The van der Waals surface area contributed by atoms with Crippen molar-refractivity contribution in [1.82, 2.24) is 0 Å². The van der Waals surface area contributed by atoms with E-state index in [1.54, 1.807) is 0 Å². The van der Waals surface area contributed by atoms with Crippen molar-refractivity contribution in [1.29, 1.82) is 0 Å². The zero-order valence-electron chi connectivity index (χ0n) is 32.9. The molecule has 12 rings (SSSR count). The third-order valence-corrected chi connectivity index (χ3v) is 12.8. The highest BCUT2D eigenvalue weighted by molar-refractivity contribution is 6.12. The molecule has 2 heteroatoms. The lowest BCUT2D eigenvalue weighted by Gasteiger charge is -2.34. The van der Waals surface area contributed by atoms with Crippen LogP contribution in [0.4, 0.5) is 17.1 Å². The van der Waals surface area contributed by atoms with E-state index in [9.17, 15) is 0 Å². The van der Waals surface area contributed by atoms with E-state index >= 15 is 0 Å². The van der Waals surface area contributed by atoms with Crippen LogP contribution in [-0.2, 0) is 5.41 Å². The van der Waals surface area contributed by atoms with Crippen LogP contribution in [0.15, 0.2) is 205 Å². The van der Waals surface area contributed by atoms with Gasteiger partial charge in [-0.25, -0.2) is 0 Å². The van der Waals surface area contributed by atoms with Gasteiger partial charge in [-0.1, -0.05) is 159 Å². The largest absolute Gasteiger partial charge is 0.456 e. The lowest BCUT2D eigenvalue weighted by molar-refractivity contribution is 0.661. The van der Waals surface area contributed by atoms with Gasteiger partial charge >= 0.3 is 0 Å². The van der Waals surface area contributed by atoms with Gasteiger partial charge in [-0.05, 0) is 126 Å². The van der Waals surface area contributed by atoms with Crippen molar-refractivity contribution in [3.63, 3.8) is 0 Å². The molecule has 59 heavy (non-hydrogen) atoms. The molecule has 0 amide bonds. The summed E-state index contributed by atoms with van der Waals surface area (Å²) in [7, 11) is 0. The molecule has 0 saturated heterocycles. The van der Waals surface area contributed by atoms with Crippen molar-refractivity contribution in [2.24, 2.45) is 0 Å². The van der Waals surface area contributed by atoms with Crippen molar-refractivity contribution >= 4 is 71.3 Å². The van der Waals surface area contributed by atoms with Gasteiger partial charge in [0.05, 0.1) is 11.4 Å². The second-order valence-corrected chi connectivity index (χ2v) is 16.5. The zero-order valence-corrected chi connectivity index (χ0v) is 32.9. The van der Waals surface area contributed by atoms with E-state index in [4.69, 9.17) is 4.42 Å². The van der Waals surface area contributed by atoms with Crippen LogP contribution < -0.4 is 4.90 Å². The molecule has 1 aliphatic rings. The maximum absolute atomic E-state index is 6.32. The first-order valence-corrected chi connectivity index (χ1v) is 20.5. The number of furan rings is 1. The molecule has 0 fully saturated rings. The smallest absolute Gasteiger partial charge is 0.136 e. The van der Waals surface area contributed by atoms with Gasteiger partial charge in [0.15, 0.2) is 0 Å². The Balaban J connectivity index is 1.11. The fourth-order valence-corrected chi connectivity index (χ4v) is 10.0. The number of anilines is 3.